The SMILES string of the molecule is CCOc1ccccc1CN(CCCn1ccnc1)C(=O)Cn1ncc(=O)c2ccccc21. The van der Waals surface area contributed by atoms with Crippen molar-refractivity contribution in [1.82, 2.24) is 24.2 Å². The molecule has 33 heavy (non-hydrogen) atoms. The Hall–Kier alpha value is -3.94. The summed E-state index contributed by atoms with van der Waals surface area (Å²) in [6, 6.07) is 15.0. The lowest BCUT2D eigenvalue weighted by atomic mass is 10.1. The second kappa shape index (κ2) is 10.6. The zero-order valence-electron chi connectivity index (χ0n) is 18.6. The maximum atomic E-state index is 13.4. The van der Waals surface area contributed by atoms with Gasteiger partial charge in [0.25, 0.3) is 0 Å². The zero-order chi connectivity index (χ0) is 23.0. The number of carbonyl (C=O) groups excluding carboxylic acids is 1. The van der Waals surface area contributed by atoms with Crippen molar-refractivity contribution in [3.8, 4) is 5.75 Å². The average Bonchev–Trinajstić information content (AvgIpc) is 3.35. The number of para-hydroxylation sites is 2. The first-order valence-electron chi connectivity index (χ1n) is 11.0. The van der Waals surface area contributed by atoms with Crippen molar-refractivity contribution in [3.63, 3.8) is 0 Å². The van der Waals surface area contributed by atoms with Crippen LogP contribution in [0.25, 0.3) is 10.9 Å². The molecular formula is C25H27N5O3. The van der Waals surface area contributed by atoms with Crippen molar-refractivity contribution in [3.05, 3.63) is 89.2 Å². The molecule has 2 aromatic carbocycles. The fraction of sp³-hybridized carbons (Fsp3) is 0.280. The predicted octanol–water partition coefficient (Wildman–Crippen LogP) is 3.11. The number of hydrogen-bond acceptors (Lipinski definition) is 5. The summed E-state index contributed by atoms with van der Waals surface area (Å²) < 4.78 is 9.35. The maximum Gasteiger partial charge on any atom is 0.244 e. The van der Waals surface area contributed by atoms with Gasteiger partial charge in [-0.15, -0.1) is 0 Å². The van der Waals surface area contributed by atoms with Crippen LogP contribution in [-0.2, 0) is 24.4 Å². The Morgan fingerprint density at radius 2 is 1.94 bits per heavy atom. The number of hydrogen-bond donors (Lipinski definition) is 0. The van der Waals surface area contributed by atoms with Gasteiger partial charge in [-0.3, -0.25) is 14.3 Å². The molecule has 0 saturated carbocycles. The zero-order valence-corrected chi connectivity index (χ0v) is 18.6. The summed E-state index contributed by atoms with van der Waals surface area (Å²) in [5, 5.41) is 4.77. The monoisotopic (exact) mass is 445 g/mol. The summed E-state index contributed by atoms with van der Waals surface area (Å²) in [5.74, 6) is 0.701. The van der Waals surface area contributed by atoms with Gasteiger partial charge >= 0.3 is 0 Å². The largest absolute Gasteiger partial charge is 0.494 e. The van der Waals surface area contributed by atoms with Crippen molar-refractivity contribution in [2.24, 2.45) is 0 Å². The van der Waals surface area contributed by atoms with E-state index in [2.05, 4.69) is 10.1 Å². The van der Waals surface area contributed by atoms with E-state index in [0.717, 1.165) is 24.3 Å². The molecule has 0 fully saturated rings. The van der Waals surface area contributed by atoms with Crippen LogP contribution in [0, 0.1) is 0 Å². The third-order valence-corrected chi connectivity index (χ3v) is 5.44. The lowest BCUT2D eigenvalue weighted by molar-refractivity contribution is -0.132. The minimum absolute atomic E-state index is 0.0443. The Kier molecular flexibility index (Phi) is 7.14. The number of ether oxygens (including phenoxy) is 1. The van der Waals surface area contributed by atoms with Crippen LogP contribution in [0.2, 0.25) is 0 Å². The molecule has 0 bridgehead atoms. The first-order valence-corrected chi connectivity index (χ1v) is 11.0. The molecule has 0 N–H and O–H groups in total. The highest BCUT2D eigenvalue weighted by molar-refractivity contribution is 5.81. The Labute approximate surface area is 192 Å². The molecule has 0 radical (unpaired) electrons. The molecule has 0 aliphatic carbocycles. The molecule has 2 heterocycles. The summed E-state index contributed by atoms with van der Waals surface area (Å²) in [5.41, 5.74) is 1.44. The minimum atomic E-state index is -0.155. The van der Waals surface area contributed by atoms with E-state index in [9.17, 15) is 9.59 Å². The lowest BCUT2D eigenvalue weighted by Gasteiger charge is -2.25. The predicted molar refractivity (Wildman–Crippen MR) is 126 cm³/mol. The van der Waals surface area contributed by atoms with E-state index in [1.54, 1.807) is 23.3 Å². The third-order valence-electron chi connectivity index (χ3n) is 5.44. The summed E-state index contributed by atoms with van der Waals surface area (Å²) in [6.07, 6.45) is 7.47. The normalized spacial score (nSPS) is 10.9. The van der Waals surface area contributed by atoms with Gasteiger partial charge in [-0.1, -0.05) is 30.3 Å². The second-order valence-corrected chi connectivity index (χ2v) is 7.69. The van der Waals surface area contributed by atoms with E-state index in [0.29, 0.717) is 30.6 Å². The Morgan fingerprint density at radius 3 is 2.76 bits per heavy atom. The number of aromatic nitrogens is 4. The molecule has 0 aliphatic rings. The van der Waals surface area contributed by atoms with Gasteiger partial charge in [0.15, 0.2) is 0 Å². The molecule has 170 valence electrons. The second-order valence-electron chi connectivity index (χ2n) is 7.69. The number of aryl methyl sites for hydroxylation is 1. The van der Waals surface area contributed by atoms with Crippen LogP contribution < -0.4 is 10.2 Å². The number of fused-ring (bicyclic) bond motifs is 1. The topological polar surface area (TPSA) is 82.2 Å². The average molecular weight is 446 g/mol. The number of amides is 1. The van der Waals surface area contributed by atoms with Gasteiger partial charge in [0.1, 0.15) is 12.3 Å². The van der Waals surface area contributed by atoms with E-state index in [1.807, 2.05) is 65.1 Å². The van der Waals surface area contributed by atoms with Crippen molar-refractivity contribution in [1.29, 1.82) is 0 Å². The van der Waals surface area contributed by atoms with Crippen LogP contribution in [0.5, 0.6) is 5.75 Å². The smallest absolute Gasteiger partial charge is 0.244 e. The molecule has 2 aromatic heterocycles. The quantitative estimate of drug-likeness (QED) is 0.375. The van der Waals surface area contributed by atoms with Gasteiger partial charge in [-0.25, -0.2) is 4.98 Å². The van der Waals surface area contributed by atoms with Gasteiger partial charge in [0.2, 0.25) is 11.3 Å². The third kappa shape index (κ3) is 5.46. The van der Waals surface area contributed by atoms with E-state index >= 15 is 0 Å². The van der Waals surface area contributed by atoms with Crippen molar-refractivity contribution < 1.29 is 9.53 Å². The van der Waals surface area contributed by atoms with Crippen molar-refractivity contribution in [2.45, 2.75) is 33.0 Å². The van der Waals surface area contributed by atoms with E-state index < -0.39 is 0 Å². The molecule has 8 nitrogen and oxygen atoms in total. The number of imidazole rings is 1. The standard InChI is InChI=1S/C25H27N5O3/c1-2-33-24-11-6-3-8-20(24)17-29(14-7-13-28-15-12-26-19-28)25(32)18-30-22-10-5-4-9-21(22)23(31)16-27-30/h3-6,8-12,15-16,19H,2,7,13-14,17-18H2,1H3. The number of nitrogens with zero attached hydrogens (tertiary/aromatic N) is 5. The van der Waals surface area contributed by atoms with E-state index in [4.69, 9.17) is 4.74 Å². The van der Waals surface area contributed by atoms with Gasteiger partial charge in [-0.05, 0) is 31.5 Å². The van der Waals surface area contributed by atoms with Gasteiger partial charge in [0, 0.05) is 43.0 Å². The summed E-state index contributed by atoms with van der Waals surface area (Å²) >= 11 is 0. The van der Waals surface area contributed by atoms with Crippen LogP contribution in [0.3, 0.4) is 0 Å². The molecule has 0 atom stereocenters. The highest BCUT2D eigenvalue weighted by Crippen LogP contribution is 2.20. The van der Waals surface area contributed by atoms with Crippen LogP contribution in [0.1, 0.15) is 18.9 Å². The molecular weight excluding hydrogens is 418 g/mol. The summed E-state index contributed by atoms with van der Waals surface area (Å²) in [6.45, 7) is 4.29. The fourth-order valence-electron chi connectivity index (χ4n) is 3.81. The Morgan fingerprint density at radius 1 is 1.12 bits per heavy atom. The van der Waals surface area contributed by atoms with E-state index in [1.165, 1.54) is 6.20 Å². The van der Waals surface area contributed by atoms with Gasteiger partial charge < -0.3 is 14.2 Å². The number of benzene rings is 2. The van der Waals surface area contributed by atoms with Crippen molar-refractivity contribution >= 4 is 16.8 Å². The highest BCUT2D eigenvalue weighted by atomic mass is 16.5. The number of rotatable bonds is 10. The first-order chi connectivity index (χ1) is 16.2. The van der Waals surface area contributed by atoms with Gasteiger partial charge in [0.05, 0.1) is 24.6 Å². The molecule has 0 aliphatic heterocycles. The molecule has 8 heteroatoms. The highest BCUT2D eigenvalue weighted by Gasteiger charge is 2.18. The molecule has 0 spiro atoms. The van der Waals surface area contributed by atoms with E-state index in [-0.39, 0.29) is 17.9 Å². The van der Waals surface area contributed by atoms with Crippen LogP contribution >= 0.6 is 0 Å². The molecule has 1 amide bonds. The molecule has 4 rings (SSSR count). The summed E-state index contributed by atoms with van der Waals surface area (Å²) in [4.78, 5) is 31.5. The Balaban J connectivity index is 1.56. The number of carbonyl (C=O) groups is 1. The van der Waals surface area contributed by atoms with Crippen molar-refractivity contribution in [2.75, 3.05) is 13.2 Å². The Bertz CT molecular complexity index is 1270. The summed E-state index contributed by atoms with van der Waals surface area (Å²) in [7, 11) is 0. The lowest BCUT2D eigenvalue weighted by Crippen LogP contribution is -2.35. The molecule has 0 unspecified atom stereocenters. The van der Waals surface area contributed by atoms with Crippen LogP contribution in [-0.4, -0.2) is 43.3 Å². The van der Waals surface area contributed by atoms with Gasteiger partial charge in [-0.2, -0.15) is 5.10 Å². The maximum absolute atomic E-state index is 13.4. The van der Waals surface area contributed by atoms with Crippen LogP contribution in [0.4, 0.5) is 0 Å². The fourth-order valence-corrected chi connectivity index (χ4v) is 3.81. The van der Waals surface area contributed by atoms with Crippen LogP contribution in [0.15, 0.2) is 78.2 Å². The first kappa shape index (κ1) is 22.3. The molecule has 4 aromatic rings. The molecule has 0 saturated heterocycles. The minimum Gasteiger partial charge on any atom is -0.494 e.